The number of rotatable bonds is 7. The van der Waals surface area contributed by atoms with Crippen LogP contribution in [0.4, 0.5) is 0 Å². The molecule has 0 aliphatic heterocycles. The van der Waals surface area contributed by atoms with E-state index in [1.54, 1.807) is 0 Å². The summed E-state index contributed by atoms with van der Waals surface area (Å²) in [6.07, 6.45) is 6.21. The van der Waals surface area contributed by atoms with Gasteiger partial charge in [-0.25, -0.2) is 0 Å². The minimum absolute atomic E-state index is 0.148. The smallest absolute Gasteiger partial charge is 0.325 e. The Hall–Kier alpha value is -1.59. The zero-order chi connectivity index (χ0) is 14.3. The van der Waals surface area contributed by atoms with Gasteiger partial charge < -0.3 is 15.7 Å². The normalized spacial score (nSPS) is 16.9. The van der Waals surface area contributed by atoms with E-state index in [2.05, 4.69) is 10.6 Å². The standard InChI is InChI=1S/C13H22N2O4/c1-9(13(18)19)15-12(17)8-14-11(16)7-6-10-4-2-3-5-10/h9-10H,2-8H2,1H3,(H,14,16)(H,15,17)(H,18,19)/t9-/m1/s1. The average Bonchev–Trinajstić information content (AvgIpc) is 2.86. The van der Waals surface area contributed by atoms with Gasteiger partial charge in [0.2, 0.25) is 11.8 Å². The lowest BCUT2D eigenvalue weighted by Gasteiger charge is -2.11. The highest BCUT2D eigenvalue weighted by molar-refractivity contribution is 5.87. The average molecular weight is 270 g/mol. The second-order valence-electron chi connectivity index (χ2n) is 5.09. The van der Waals surface area contributed by atoms with Crippen LogP contribution in [0, 0.1) is 5.92 Å². The minimum atomic E-state index is -1.10. The molecule has 0 saturated heterocycles. The number of hydrogen-bond acceptors (Lipinski definition) is 3. The van der Waals surface area contributed by atoms with E-state index in [4.69, 9.17) is 5.11 Å². The third-order valence-electron chi connectivity index (χ3n) is 3.45. The zero-order valence-electron chi connectivity index (χ0n) is 11.3. The van der Waals surface area contributed by atoms with Crippen LogP contribution < -0.4 is 10.6 Å². The largest absolute Gasteiger partial charge is 0.480 e. The van der Waals surface area contributed by atoms with Crippen LogP contribution in [0.3, 0.4) is 0 Å². The molecule has 1 aliphatic carbocycles. The number of amides is 2. The van der Waals surface area contributed by atoms with Gasteiger partial charge in [0.25, 0.3) is 0 Å². The topological polar surface area (TPSA) is 95.5 Å². The fourth-order valence-electron chi connectivity index (χ4n) is 2.26. The van der Waals surface area contributed by atoms with Crippen molar-refractivity contribution in [2.24, 2.45) is 5.92 Å². The molecule has 0 unspecified atom stereocenters. The van der Waals surface area contributed by atoms with Crippen LogP contribution in [-0.2, 0) is 14.4 Å². The van der Waals surface area contributed by atoms with Crippen LogP contribution in [0.2, 0.25) is 0 Å². The molecule has 0 heterocycles. The van der Waals surface area contributed by atoms with Gasteiger partial charge in [-0.1, -0.05) is 25.7 Å². The number of carboxylic acids is 1. The first-order chi connectivity index (χ1) is 8.99. The highest BCUT2D eigenvalue weighted by Gasteiger charge is 2.17. The predicted octanol–water partition coefficient (Wildman–Crippen LogP) is 0.662. The maximum atomic E-state index is 11.5. The summed E-state index contributed by atoms with van der Waals surface area (Å²) in [7, 11) is 0. The van der Waals surface area contributed by atoms with Crippen LogP contribution in [0.15, 0.2) is 0 Å². The van der Waals surface area contributed by atoms with Gasteiger partial charge in [-0.3, -0.25) is 14.4 Å². The van der Waals surface area contributed by atoms with Crippen molar-refractivity contribution in [3.8, 4) is 0 Å². The Bertz CT molecular complexity index is 338. The van der Waals surface area contributed by atoms with E-state index in [9.17, 15) is 14.4 Å². The first kappa shape index (κ1) is 15.5. The van der Waals surface area contributed by atoms with E-state index in [1.165, 1.54) is 32.6 Å². The van der Waals surface area contributed by atoms with E-state index in [0.717, 1.165) is 6.42 Å². The zero-order valence-corrected chi connectivity index (χ0v) is 11.3. The second kappa shape index (κ2) is 7.76. The molecule has 1 rings (SSSR count). The maximum Gasteiger partial charge on any atom is 0.325 e. The Morgan fingerprint density at radius 2 is 1.84 bits per heavy atom. The molecule has 1 aliphatic rings. The third-order valence-corrected chi connectivity index (χ3v) is 3.45. The molecule has 2 amide bonds. The number of hydrogen-bond donors (Lipinski definition) is 3. The molecule has 0 bridgehead atoms. The molecule has 1 saturated carbocycles. The first-order valence-electron chi connectivity index (χ1n) is 6.78. The van der Waals surface area contributed by atoms with Crippen LogP contribution in [-0.4, -0.2) is 35.5 Å². The highest BCUT2D eigenvalue weighted by atomic mass is 16.4. The molecular formula is C13H22N2O4. The lowest BCUT2D eigenvalue weighted by Crippen LogP contribution is -2.44. The van der Waals surface area contributed by atoms with Crippen molar-refractivity contribution >= 4 is 17.8 Å². The quantitative estimate of drug-likeness (QED) is 0.633. The van der Waals surface area contributed by atoms with E-state index >= 15 is 0 Å². The van der Waals surface area contributed by atoms with Crippen molar-refractivity contribution in [3.63, 3.8) is 0 Å². The summed E-state index contributed by atoms with van der Waals surface area (Å²) in [5.41, 5.74) is 0. The second-order valence-corrected chi connectivity index (χ2v) is 5.09. The van der Waals surface area contributed by atoms with E-state index in [-0.39, 0.29) is 12.5 Å². The Kier molecular flexibility index (Phi) is 6.32. The van der Waals surface area contributed by atoms with Gasteiger partial charge in [-0.05, 0) is 19.3 Å². The molecular weight excluding hydrogens is 248 g/mol. The molecule has 6 heteroatoms. The van der Waals surface area contributed by atoms with Gasteiger partial charge >= 0.3 is 5.97 Å². The summed E-state index contributed by atoms with van der Waals surface area (Å²) in [4.78, 5) is 33.4. The molecule has 19 heavy (non-hydrogen) atoms. The monoisotopic (exact) mass is 270 g/mol. The molecule has 1 fully saturated rings. The molecule has 0 spiro atoms. The van der Waals surface area contributed by atoms with Crippen LogP contribution in [0.25, 0.3) is 0 Å². The fraction of sp³-hybridized carbons (Fsp3) is 0.769. The predicted molar refractivity (Wildman–Crippen MR) is 69.4 cm³/mol. The van der Waals surface area contributed by atoms with Crippen LogP contribution in [0.1, 0.15) is 45.4 Å². The lowest BCUT2D eigenvalue weighted by atomic mass is 10.0. The number of aliphatic carboxylic acids is 1. The number of carboxylic acid groups (broad SMARTS) is 1. The summed E-state index contributed by atoms with van der Waals surface area (Å²) < 4.78 is 0. The Labute approximate surface area is 112 Å². The number of carbonyl (C=O) groups is 3. The summed E-state index contributed by atoms with van der Waals surface area (Å²) in [5.74, 6) is -1.08. The molecule has 0 aromatic heterocycles. The molecule has 3 N–H and O–H groups in total. The van der Waals surface area contributed by atoms with Gasteiger partial charge in [0.15, 0.2) is 0 Å². The van der Waals surface area contributed by atoms with Gasteiger partial charge in [-0.15, -0.1) is 0 Å². The molecule has 108 valence electrons. The van der Waals surface area contributed by atoms with E-state index in [0.29, 0.717) is 12.3 Å². The molecule has 0 aromatic rings. The van der Waals surface area contributed by atoms with Crippen molar-refractivity contribution < 1.29 is 19.5 Å². The van der Waals surface area contributed by atoms with Gasteiger partial charge in [0, 0.05) is 6.42 Å². The third kappa shape index (κ3) is 6.22. The lowest BCUT2D eigenvalue weighted by molar-refractivity contribution is -0.141. The van der Waals surface area contributed by atoms with Crippen molar-refractivity contribution in [2.45, 2.75) is 51.5 Å². The van der Waals surface area contributed by atoms with Crippen molar-refractivity contribution in [1.82, 2.24) is 10.6 Å². The Morgan fingerprint density at radius 1 is 1.21 bits per heavy atom. The van der Waals surface area contributed by atoms with Crippen molar-refractivity contribution in [2.75, 3.05) is 6.54 Å². The van der Waals surface area contributed by atoms with E-state index < -0.39 is 17.9 Å². The minimum Gasteiger partial charge on any atom is -0.480 e. The molecule has 0 aromatic carbocycles. The van der Waals surface area contributed by atoms with Gasteiger partial charge in [0.05, 0.1) is 6.54 Å². The summed E-state index contributed by atoms with van der Waals surface area (Å²) in [5, 5.41) is 13.4. The van der Waals surface area contributed by atoms with Crippen LogP contribution in [0.5, 0.6) is 0 Å². The van der Waals surface area contributed by atoms with Crippen LogP contribution >= 0.6 is 0 Å². The van der Waals surface area contributed by atoms with Crippen molar-refractivity contribution in [3.05, 3.63) is 0 Å². The first-order valence-corrected chi connectivity index (χ1v) is 6.78. The molecule has 1 atom stereocenters. The maximum absolute atomic E-state index is 11.5. The fourth-order valence-corrected chi connectivity index (χ4v) is 2.26. The SMILES string of the molecule is C[C@@H](NC(=O)CNC(=O)CCC1CCCC1)C(=O)O. The highest BCUT2D eigenvalue weighted by Crippen LogP contribution is 2.28. The molecule has 0 radical (unpaired) electrons. The Balaban J connectivity index is 2.11. The number of carbonyl (C=O) groups excluding carboxylic acids is 2. The summed E-state index contributed by atoms with van der Waals surface area (Å²) >= 11 is 0. The van der Waals surface area contributed by atoms with Gasteiger partial charge in [-0.2, -0.15) is 0 Å². The van der Waals surface area contributed by atoms with Crippen molar-refractivity contribution in [1.29, 1.82) is 0 Å². The van der Waals surface area contributed by atoms with Gasteiger partial charge in [0.1, 0.15) is 6.04 Å². The summed E-state index contributed by atoms with van der Waals surface area (Å²) in [6.45, 7) is 1.21. The van der Waals surface area contributed by atoms with E-state index in [1.807, 2.05) is 0 Å². The summed E-state index contributed by atoms with van der Waals surface area (Å²) in [6, 6.07) is -0.942. The Morgan fingerprint density at radius 3 is 2.42 bits per heavy atom. The molecule has 6 nitrogen and oxygen atoms in total. The number of nitrogens with one attached hydrogen (secondary N) is 2.